The van der Waals surface area contributed by atoms with Crippen molar-refractivity contribution >= 4 is 11.0 Å². The number of phenolic OH excluding ortho intramolecular Hbond substituents is 3. The van der Waals surface area contributed by atoms with Gasteiger partial charge in [0, 0.05) is 17.7 Å². The number of ether oxygens (including phenoxy) is 2. The lowest BCUT2D eigenvalue weighted by molar-refractivity contribution is -0.277. The normalized spacial score (nSPS) is 25.3. The lowest BCUT2D eigenvalue weighted by Crippen LogP contribution is -2.60. The Bertz CT molecular complexity index is 1250. The molecule has 0 bridgehead atoms. The van der Waals surface area contributed by atoms with Crippen LogP contribution in [0.5, 0.6) is 28.7 Å². The molecular formula is C21H20O12. The predicted octanol–water partition coefficient (Wildman–Crippen LogP) is -0.539. The Morgan fingerprint density at radius 3 is 2.33 bits per heavy atom. The summed E-state index contributed by atoms with van der Waals surface area (Å²) in [5.41, 5.74) is -1.16. The number of benzene rings is 2. The van der Waals surface area contributed by atoms with Crippen LogP contribution in [-0.4, -0.2) is 78.2 Å². The molecule has 4 rings (SSSR count). The summed E-state index contributed by atoms with van der Waals surface area (Å²) in [7, 11) is 0. The van der Waals surface area contributed by atoms with Crippen molar-refractivity contribution in [3.05, 3.63) is 40.6 Å². The first kappa shape index (κ1) is 22.6. The van der Waals surface area contributed by atoms with Gasteiger partial charge in [-0.1, -0.05) is 0 Å². The van der Waals surface area contributed by atoms with Crippen molar-refractivity contribution in [2.75, 3.05) is 6.61 Å². The summed E-state index contributed by atoms with van der Waals surface area (Å²) in [4.78, 5) is 12.5. The van der Waals surface area contributed by atoms with Gasteiger partial charge in [-0.2, -0.15) is 0 Å². The second-order valence-corrected chi connectivity index (χ2v) is 7.44. The van der Waals surface area contributed by atoms with E-state index in [4.69, 9.17) is 13.9 Å². The van der Waals surface area contributed by atoms with E-state index in [-0.39, 0.29) is 33.8 Å². The number of fused-ring (bicyclic) bond motifs is 1. The topological polar surface area (TPSA) is 211 Å². The van der Waals surface area contributed by atoms with Crippen molar-refractivity contribution in [2.45, 2.75) is 30.7 Å². The molecule has 176 valence electrons. The standard InChI is InChI=1S/C21H20O12/c22-6-13-15(26)17(28)19(30)21(33-13)32-11-2-1-7(3-9(11)24)20-18(29)16(27)14-10(25)4-8(23)5-12(14)31-20/h1-5,13,15,17,19,21-26,28-30H,6H2/t13-,15-,17+,19-,21-/m1/s1/i20+2. The fourth-order valence-electron chi connectivity index (χ4n) is 3.52. The SMILES string of the molecule is O=c1c(O)[14c](-c2ccc(O[C@@H]3O[C@H](CO)[C@@H](O)[C@H](O)[C@H]3O)c(O)c2)oc2cc(O)cc(O)c12. The molecule has 0 radical (unpaired) electrons. The van der Waals surface area contributed by atoms with Gasteiger partial charge >= 0.3 is 0 Å². The Labute approximate surface area is 184 Å². The first-order valence-corrected chi connectivity index (χ1v) is 9.64. The molecule has 1 aromatic heterocycles. The zero-order chi connectivity index (χ0) is 24.0. The summed E-state index contributed by atoms with van der Waals surface area (Å²) in [5, 5.41) is 78.8. The lowest BCUT2D eigenvalue weighted by atomic mass is 9.99. The average molecular weight is 466 g/mol. The molecule has 0 spiro atoms. The van der Waals surface area contributed by atoms with Gasteiger partial charge in [-0.15, -0.1) is 0 Å². The van der Waals surface area contributed by atoms with E-state index in [2.05, 4.69) is 0 Å². The van der Waals surface area contributed by atoms with Gasteiger partial charge in [0.15, 0.2) is 17.3 Å². The summed E-state index contributed by atoms with van der Waals surface area (Å²) in [6.07, 6.45) is -7.73. The number of aromatic hydroxyl groups is 4. The zero-order valence-corrected chi connectivity index (χ0v) is 16.7. The quantitative estimate of drug-likeness (QED) is 0.244. The van der Waals surface area contributed by atoms with E-state index < -0.39 is 60.0 Å². The number of hydrogen-bond acceptors (Lipinski definition) is 12. The second kappa shape index (κ2) is 8.42. The van der Waals surface area contributed by atoms with Crippen LogP contribution in [0.25, 0.3) is 22.3 Å². The van der Waals surface area contributed by atoms with Crippen molar-refractivity contribution in [2.24, 2.45) is 0 Å². The van der Waals surface area contributed by atoms with Gasteiger partial charge in [0.05, 0.1) is 6.61 Å². The van der Waals surface area contributed by atoms with Crippen LogP contribution in [-0.2, 0) is 4.74 Å². The maximum atomic E-state index is 12.5. The molecule has 2 aromatic carbocycles. The number of rotatable bonds is 4. The molecule has 12 nitrogen and oxygen atoms in total. The van der Waals surface area contributed by atoms with Gasteiger partial charge in [0.25, 0.3) is 0 Å². The molecule has 0 unspecified atom stereocenters. The summed E-state index contributed by atoms with van der Waals surface area (Å²) < 4.78 is 16.1. The molecule has 1 aliphatic heterocycles. The number of phenols is 3. The minimum atomic E-state index is -1.70. The Morgan fingerprint density at radius 2 is 1.67 bits per heavy atom. The van der Waals surface area contributed by atoms with E-state index in [1.807, 2.05) is 0 Å². The summed E-state index contributed by atoms with van der Waals surface area (Å²) in [6.45, 7) is -0.666. The maximum absolute atomic E-state index is 12.5. The fraction of sp³-hybridized carbons (Fsp3) is 0.286. The molecule has 2 heterocycles. The highest BCUT2D eigenvalue weighted by atomic mass is 16.7. The largest absolute Gasteiger partial charge is 0.508 e. The number of aliphatic hydroxyl groups excluding tert-OH is 4. The summed E-state index contributed by atoms with van der Waals surface area (Å²) >= 11 is 0. The van der Waals surface area contributed by atoms with E-state index >= 15 is 0 Å². The third-order valence-electron chi connectivity index (χ3n) is 5.25. The van der Waals surface area contributed by atoms with Crippen molar-refractivity contribution in [3.63, 3.8) is 0 Å². The van der Waals surface area contributed by atoms with Crippen LogP contribution >= 0.6 is 0 Å². The molecule has 0 saturated carbocycles. The summed E-state index contributed by atoms with van der Waals surface area (Å²) in [5.74, 6) is -2.97. The Kier molecular flexibility index (Phi) is 5.78. The summed E-state index contributed by atoms with van der Waals surface area (Å²) in [6, 6.07) is 5.51. The van der Waals surface area contributed by atoms with Crippen molar-refractivity contribution < 1.29 is 54.7 Å². The molecule has 8 N–H and O–H groups in total. The number of aliphatic hydroxyl groups is 4. The fourth-order valence-corrected chi connectivity index (χ4v) is 3.52. The first-order chi connectivity index (χ1) is 15.6. The van der Waals surface area contributed by atoms with Gasteiger partial charge < -0.3 is 54.7 Å². The van der Waals surface area contributed by atoms with E-state index in [1.165, 1.54) is 12.1 Å². The van der Waals surface area contributed by atoms with Crippen LogP contribution in [0.4, 0.5) is 0 Å². The van der Waals surface area contributed by atoms with Gasteiger partial charge in [-0.3, -0.25) is 4.79 Å². The van der Waals surface area contributed by atoms with Crippen LogP contribution in [0.15, 0.2) is 39.5 Å². The highest BCUT2D eigenvalue weighted by Gasteiger charge is 2.45. The van der Waals surface area contributed by atoms with Crippen LogP contribution in [0.2, 0.25) is 0 Å². The van der Waals surface area contributed by atoms with E-state index in [0.717, 1.165) is 18.2 Å². The molecule has 1 fully saturated rings. The predicted molar refractivity (Wildman–Crippen MR) is 109 cm³/mol. The molecule has 5 atom stereocenters. The molecule has 0 amide bonds. The molecule has 33 heavy (non-hydrogen) atoms. The zero-order valence-electron chi connectivity index (χ0n) is 16.7. The van der Waals surface area contributed by atoms with Crippen molar-refractivity contribution in [1.29, 1.82) is 0 Å². The molecule has 1 aliphatic rings. The van der Waals surface area contributed by atoms with E-state index in [1.54, 1.807) is 0 Å². The molecule has 12 heteroatoms. The van der Waals surface area contributed by atoms with Crippen LogP contribution in [0.3, 0.4) is 0 Å². The molecular weight excluding hydrogens is 446 g/mol. The van der Waals surface area contributed by atoms with Gasteiger partial charge in [-0.25, -0.2) is 0 Å². The average Bonchev–Trinajstić information content (AvgIpc) is 2.77. The Balaban J connectivity index is 1.68. The highest BCUT2D eigenvalue weighted by molar-refractivity contribution is 5.88. The van der Waals surface area contributed by atoms with Crippen molar-refractivity contribution in [3.8, 4) is 40.1 Å². The van der Waals surface area contributed by atoms with Gasteiger partial charge in [-0.05, 0) is 18.2 Å². The third-order valence-corrected chi connectivity index (χ3v) is 5.25. The van der Waals surface area contributed by atoms with Crippen LogP contribution in [0.1, 0.15) is 0 Å². The van der Waals surface area contributed by atoms with Crippen LogP contribution in [0, 0.1) is 0 Å². The monoisotopic (exact) mass is 466 g/mol. The smallest absolute Gasteiger partial charge is 0.238 e. The van der Waals surface area contributed by atoms with Gasteiger partial charge in [0.2, 0.25) is 17.5 Å². The first-order valence-electron chi connectivity index (χ1n) is 9.64. The van der Waals surface area contributed by atoms with Gasteiger partial charge in [0.1, 0.15) is 46.9 Å². The van der Waals surface area contributed by atoms with Crippen molar-refractivity contribution in [1.82, 2.24) is 0 Å². The van der Waals surface area contributed by atoms with Crippen LogP contribution < -0.4 is 10.2 Å². The molecule has 0 aliphatic carbocycles. The molecule has 1 saturated heterocycles. The number of hydrogen-bond donors (Lipinski definition) is 8. The second-order valence-electron chi connectivity index (χ2n) is 7.44. The van der Waals surface area contributed by atoms with E-state index in [9.17, 15) is 45.6 Å². The van der Waals surface area contributed by atoms with E-state index in [0.29, 0.717) is 0 Å². The Morgan fingerprint density at radius 1 is 0.939 bits per heavy atom. The minimum absolute atomic E-state index is 0.0213. The third kappa shape index (κ3) is 3.90. The lowest BCUT2D eigenvalue weighted by Gasteiger charge is -2.39. The highest BCUT2D eigenvalue weighted by Crippen LogP contribution is 2.39. The molecule has 3 aromatic rings. The minimum Gasteiger partial charge on any atom is -0.508 e. The Hall–Kier alpha value is -3.55. The maximum Gasteiger partial charge on any atom is 0.238 e.